The molecule has 268 valence electrons. The first kappa shape index (κ1) is 36.4. The molecular weight excluding hydrogens is 667 g/mol. The summed E-state index contributed by atoms with van der Waals surface area (Å²) >= 11 is 0. The summed E-state index contributed by atoms with van der Waals surface area (Å²) in [6.07, 6.45) is -0.605. The third-order valence-electron chi connectivity index (χ3n) is 7.63. The molecule has 0 aliphatic carbocycles. The van der Waals surface area contributed by atoms with Gasteiger partial charge in [0, 0.05) is 31.1 Å². The Hall–Kier alpha value is -5.89. The molecule has 16 nitrogen and oxygen atoms in total. The molecule has 0 bridgehead atoms. The fourth-order valence-electron chi connectivity index (χ4n) is 5.45. The van der Waals surface area contributed by atoms with E-state index in [-0.39, 0.29) is 61.8 Å². The second kappa shape index (κ2) is 12.5. The van der Waals surface area contributed by atoms with E-state index in [1.807, 2.05) is 6.07 Å². The van der Waals surface area contributed by atoms with Gasteiger partial charge in [-0.15, -0.1) is 0 Å². The highest BCUT2D eigenvalue weighted by molar-refractivity contribution is 6.18. The van der Waals surface area contributed by atoms with Gasteiger partial charge < -0.3 is 19.3 Å². The Morgan fingerprint density at radius 3 is 2.37 bits per heavy atom. The molecule has 3 aromatic heterocycles. The average molecular weight is 705 g/mol. The van der Waals surface area contributed by atoms with E-state index in [0.717, 1.165) is 11.0 Å². The molecule has 0 saturated carbocycles. The van der Waals surface area contributed by atoms with Gasteiger partial charge in [0.15, 0.2) is 17.2 Å². The van der Waals surface area contributed by atoms with Crippen LogP contribution in [0.2, 0.25) is 0 Å². The number of aliphatic hydroxyl groups excluding tert-OH is 1. The molecule has 17 heteroatoms. The molecule has 0 radical (unpaired) electrons. The van der Waals surface area contributed by atoms with Gasteiger partial charge in [-0.25, -0.2) is 29.0 Å². The van der Waals surface area contributed by atoms with E-state index in [4.69, 9.17) is 14.2 Å². The van der Waals surface area contributed by atoms with E-state index in [1.54, 1.807) is 41.5 Å². The lowest BCUT2D eigenvalue weighted by Gasteiger charge is -2.38. The molecule has 1 aliphatic rings. The van der Waals surface area contributed by atoms with Gasteiger partial charge in [0.05, 0.1) is 40.8 Å². The van der Waals surface area contributed by atoms with Crippen LogP contribution in [0.15, 0.2) is 23.1 Å². The lowest BCUT2D eigenvalue weighted by Crippen LogP contribution is -2.55. The molecule has 0 fully saturated rings. The summed E-state index contributed by atoms with van der Waals surface area (Å²) in [7, 11) is 2.83. The van der Waals surface area contributed by atoms with Crippen LogP contribution in [0.4, 0.5) is 25.5 Å². The largest absolute Gasteiger partial charge is 0.474 e. The Labute approximate surface area is 291 Å². The average Bonchev–Trinajstić information content (AvgIpc) is 3.39. The highest BCUT2D eigenvalue weighted by Gasteiger charge is 2.47. The number of hydrogen-bond donors (Lipinski definition) is 2. The molecule has 2 N–H and O–H groups in total. The van der Waals surface area contributed by atoms with E-state index in [0.29, 0.717) is 4.90 Å². The van der Waals surface area contributed by atoms with Gasteiger partial charge in [-0.3, -0.25) is 19.2 Å². The first-order chi connectivity index (χ1) is 23.6. The van der Waals surface area contributed by atoms with Gasteiger partial charge in [0.25, 0.3) is 11.5 Å². The number of anilines is 2. The summed E-state index contributed by atoms with van der Waals surface area (Å²) in [6, 6.07) is 4.27. The maximum absolute atomic E-state index is 16.5. The number of pyridine rings is 1. The summed E-state index contributed by atoms with van der Waals surface area (Å²) in [5.74, 6) is -2.30. The molecule has 4 heterocycles. The zero-order chi connectivity index (χ0) is 38.0. The molecule has 5 rings (SSSR count). The number of nitrogens with one attached hydrogen (secondary N) is 1. The quantitative estimate of drug-likeness (QED) is 0.297. The van der Waals surface area contributed by atoms with Gasteiger partial charge in [-0.1, -0.05) is 0 Å². The number of aryl methyl sites for hydroxylation is 1. The Balaban J connectivity index is 1.80. The van der Waals surface area contributed by atoms with E-state index < -0.39 is 52.9 Å². The van der Waals surface area contributed by atoms with Crippen molar-refractivity contribution in [1.29, 1.82) is 5.26 Å². The number of fused-ring (bicyclic) bond motifs is 2. The van der Waals surface area contributed by atoms with Crippen molar-refractivity contribution in [2.75, 3.05) is 16.8 Å². The van der Waals surface area contributed by atoms with Gasteiger partial charge >= 0.3 is 12.2 Å². The number of hydrogen-bond acceptors (Lipinski definition) is 12. The molecule has 51 heavy (non-hydrogen) atoms. The number of ether oxygens (including phenoxy) is 3. The van der Waals surface area contributed by atoms with Crippen molar-refractivity contribution in [3.8, 4) is 34.3 Å². The van der Waals surface area contributed by atoms with Crippen LogP contribution < -0.4 is 20.1 Å². The molecule has 1 aliphatic heterocycles. The van der Waals surface area contributed by atoms with Gasteiger partial charge in [-0.05, 0) is 61.5 Å². The highest BCUT2D eigenvalue weighted by Crippen LogP contribution is 2.47. The Morgan fingerprint density at radius 2 is 1.78 bits per heavy atom. The minimum absolute atomic E-state index is 0.00930. The lowest BCUT2D eigenvalue weighted by molar-refractivity contribution is -0.132. The summed E-state index contributed by atoms with van der Waals surface area (Å²) in [5.41, 5.74) is -5.10. The number of halogens is 1. The van der Waals surface area contributed by atoms with Crippen LogP contribution in [0.25, 0.3) is 33.3 Å². The second-order valence-electron chi connectivity index (χ2n) is 14.3. The molecule has 0 atom stereocenters. The molecule has 3 amide bonds. The predicted octanol–water partition coefficient (Wildman–Crippen LogP) is 4.70. The van der Waals surface area contributed by atoms with Crippen molar-refractivity contribution in [3.63, 3.8) is 0 Å². The van der Waals surface area contributed by atoms with Crippen LogP contribution in [-0.4, -0.2) is 72.0 Å². The fraction of sp³-hybridized carbons (Fsp3) is 0.412. The molecular formula is C34H37FN8O8. The highest BCUT2D eigenvalue weighted by atomic mass is 19.1. The molecule has 4 aromatic rings. The first-order valence-corrected chi connectivity index (χ1v) is 15.7. The number of aromatic amines is 1. The Kier molecular flexibility index (Phi) is 8.89. The normalized spacial score (nSPS) is 14.1. The second-order valence-corrected chi connectivity index (χ2v) is 14.3. The van der Waals surface area contributed by atoms with Crippen molar-refractivity contribution in [2.24, 2.45) is 7.05 Å². The number of rotatable bonds is 4. The van der Waals surface area contributed by atoms with Crippen LogP contribution in [0.1, 0.15) is 66.6 Å². The Morgan fingerprint density at radius 1 is 1.14 bits per heavy atom. The number of carbonyl (C=O) groups excluding carboxylic acids is 3. The number of imide groups is 1. The summed E-state index contributed by atoms with van der Waals surface area (Å²) in [6.45, 7) is 12.0. The van der Waals surface area contributed by atoms with E-state index in [1.165, 1.54) is 44.9 Å². The van der Waals surface area contributed by atoms with E-state index >= 15 is 4.39 Å². The van der Waals surface area contributed by atoms with Crippen LogP contribution >= 0.6 is 0 Å². The minimum Gasteiger partial charge on any atom is -0.474 e. The number of nitrogens with zero attached hydrogens (tertiary/aromatic N) is 7. The topological polar surface area (TPSA) is 206 Å². The number of nitriles is 1. The van der Waals surface area contributed by atoms with Crippen molar-refractivity contribution in [3.05, 3.63) is 45.8 Å². The van der Waals surface area contributed by atoms with Gasteiger partial charge in [0.2, 0.25) is 0 Å². The maximum atomic E-state index is 16.5. The van der Waals surface area contributed by atoms with Crippen molar-refractivity contribution < 1.29 is 38.1 Å². The summed E-state index contributed by atoms with van der Waals surface area (Å²) in [4.78, 5) is 59.4. The molecule has 0 saturated heterocycles. The monoisotopic (exact) mass is 704 g/mol. The summed E-state index contributed by atoms with van der Waals surface area (Å²) < 4.78 is 34.8. The molecule has 0 spiro atoms. The number of carbonyl (C=O) groups is 3. The molecule has 1 aromatic carbocycles. The third kappa shape index (κ3) is 6.57. The number of amides is 3. The third-order valence-corrected chi connectivity index (χ3v) is 7.63. The van der Waals surface area contributed by atoms with E-state index in [2.05, 4.69) is 20.3 Å². The van der Waals surface area contributed by atoms with Crippen LogP contribution in [0, 0.1) is 17.1 Å². The van der Waals surface area contributed by atoms with Gasteiger partial charge in [-0.2, -0.15) is 15.5 Å². The van der Waals surface area contributed by atoms with Crippen LogP contribution in [-0.2, 0) is 27.9 Å². The minimum atomic E-state index is -1.68. The number of benzene rings is 1. The first-order valence-electron chi connectivity index (χ1n) is 15.7. The smallest absolute Gasteiger partial charge is 0.421 e. The standard InChI is InChI=1S/C34H37FN8O8/c1-32(2,3)50-30(47)41(9)27-24-16(21(15-44)39-40-28(24)45)11-20(38-27)18-14-37-42(10)25(18)23-17(13-36)26-22(12-19(23)35)43(29(46)34(7,8)49-26)31(48)51-33(4,5)6/h11-12,14,44H,15H2,1-10H3,(H,40,45). The van der Waals surface area contributed by atoms with E-state index in [9.17, 15) is 29.5 Å². The van der Waals surface area contributed by atoms with Crippen molar-refractivity contribution >= 4 is 40.4 Å². The predicted molar refractivity (Wildman–Crippen MR) is 181 cm³/mol. The maximum Gasteiger partial charge on any atom is 0.421 e. The van der Waals surface area contributed by atoms with Crippen molar-refractivity contribution in [1.82, 2.24) is 25.0 Å². The van der Waals surface area contributed by atoms with Crippen molar-refractivity contribution in [2.45, 2.75) is 78.8 Å². The zero-order valence-electron chi connectivity index (χ0n) is 29.8. The number of aliphatic hydroxyl groups is 1. The number of aromatic nitrogens is 5. The number of H-pyrrole nitrogens is 1. The van der Waals surface area contributed by atoms with Gasteiger partial charge in [0.1, 0.15) is 34.3 Å². The Bertz CT molecular complexity index is 2220. The van der Waals surface area contributed by atoms with Crippen LogP contribution in [0.5, 0.6) is 5.75 Å². The fourth-order valence-corrected chi connectivity index (χ4v) is 5.45. The lowest BCUT2D eigenvalue weighted by atomic mass is 9.95. The SMILES string of the molecule is CN(C(=O)OC(C)(C)C)c1nc(-c2cnn(C)c2-c2c(F)cc3c(c2C#N)OC(C)(C)C(=O)N3C(=O)OC(C)(C)C)cc2c(CO)n[nH]c(=O)c12. The zero-order valence-corrected chi connectivity index (χ0v) is 29.8. The molecule has 0 unspecified atom stereocenters. The van der Waals surface area contributed by atoms with Crippen LogP contribution in [0.3, 0.4) is 0 Å². The summed E-state index contributed by atoms with van der Waals surface area (Å²) in [5, 5.41) is 31.2.